The van der Waals surface area contributed by atoms with Crippen LogP contribution in [0, 0.1) is 11.3 Å². The van der Waals surface area contributed by atoms with Crippen molar-refractivity contribution >= 4 is 40.7 Å². The largest absolute Gasteiger partial charge is 0.339 e. The lowest BCUT2D eigenvalue weighted by atomic mass is 10.0. The van der Waals surface area contributed by atoms with Crippen molar-refractivity contribution in [2.75, 3.05) is 0 Å². The van der Waals surface area contributed by atoms with Crippen molar-refractivity contribution in [1.82, 2.24) is 15.3 Å². The molecule has 1 amide bonds. The summed E-state index contributed by atoms with van der Waals surface area (Å²) in [4.78, 5) is 20.9. The van der Waals surface area contributed by atoms with E-state index in [1.807, 2.05) is 6.07 Å². The topological polar surface area (TPSA) is 78.7 Å². The minimum absolute atomic E-state index is 0.229. The standard InChI is InChI=1S/C19H11Cl3N4O/c20-13-3-6-17(25-10-13)18(11-2-5-15(21)16(22)7-11)26-19(27)12-1-4-14(8-23)24-9-12/h1-7,9-10,18H,(H,26,27)/t18-/m0/s1. The second-order valence-electron chi connectivity index (χ2n) is 5.53. The highest BCUT2D eigenvalue weighted by Crippen LogP contribution is 2.29. The van der Waals surface area contributed by atoms with E-state index in [1.54, 1.807) is 30.3 Å². The molecule has 2 aromatic heterocycles. The average molecular weight is 418 g/mol. The molecule has 0 saturated heterocycles. The summed E-state index contributed by atoms with van der Waals surface area (Å²) in [5.74, 6) is -0.375. The van der Waals surface area contributed by atoms with Crippen LogP contribution in [-0.4, -0.2) is 15.9 Å². The smallest absolute Gasteiger partial charge is 0.253 e. The molecule has 0 saturated carbocycles. The summed E-state index contributed by atoms with van der Waals surface area (Å²) in [5.41, 5.74) is 1.82. The predicted molar refractivity (Wildman–Crippen MR) is 104 cm³/mol. The normalized spacial score (nSPS) is 11.5. The van der Waals surface area contributed by atoms with Gasteiger partial charge in [-0.05, 0) is 42.0 Å². The number of benzene rings is 1. The van der Waals surface area contributed by atoms with Crippen molar-refractivity contribution < 1.29 is 4.79 Å². The fourth-order valence-electron chi connectivity index (χ4n) is 2.39. The number of hydrogen-bond donors (Lipinski definition) is 1. The van der Waals surface area contributed by atoms with Crippen LogP contribution in [0.5, 0.6) is 0 Å². The average Bonchev–Trinajstić information content (AvgIpc) is 2.69. The maximum absolute atomic E-state index is 12.7. The Bertz CT molecular complexity index is 1010. The van der Waals surface area contributed by atoms with Crippen molar-refractivity contribution in [3.05, 3.63) is 92.4 Å². The molecule has 0 radical (unpaired) electrons. The number of halogens is 3. The molecule has 1 atom stereocenters. The van der Waals surface area contributed by atoms with Crippen LogP contribution in [0.4, 0.5) is 0 Å². The number of nitrogens with zero attached hydrogens (tertiary/aromatic N) is 3. The summed E-state index contributed by atoms with van der Waals surface area (Å²) in [6, 6.07) is 12.8. The van der Waals surface area contributed by atoms with E-state index in [-0.39, 0.29) is 11.6 Å². The van der Waals surface area contributed by atoms with Gasteiger partial charge in [-0.1, -0.05) is 40.9 Å². The van der Waals surface area contributed by atoms with E-state index in [0.29, 0.717) is 31.9 Å². The molecule has 2 heterocycles. The van der Waals surface area contributed by atoms with E-state index in [9.17, 15) is 4.79 Å². The van der Waals surface area contributed by atoms with Gasteiger partial charge in [-0.3, -0.25) is 9.78 Å². The molecule has 0 bridgehead atoms. The van der Waals surface area contributed by atoms with Crippen molar-refractivity contribution in [2.24, 2.45) is 0 Å². The molecule has 3 aromatic rings. The lowest BCUT2D eigenvalue weighted by Gasteiger charge is -2.19. The van der Waals surface area contributed by atoms with E-state index in [4.69, 9.17) is 40.1 Å². The zero-order valence-corrected chi connectivity index (χ0v) is 15.9. The van der Waals surface area contributed by atoms with Gasteiger partial charge < -0.3 is 5.32 Å². The minimum atomic E-state index is -0.583. The Morgan fingerprint density at radius 1 is 1.00 bits per heavy atom. The fraction of sp³-hybridized carbons (Fsp3) is 0.0526. The van der Waals surface area contributed by atoms with Crippen LogP contribution in [0.2, 0.25) is 15.1 Å². The molecule has 0 fully saturated rings. The van der Waals surface area contributed by atoms with Crippen molar-refractivity contribution in [2.45, 2.75) is 6.04 Å². The van der Waals surface area contributed by atoms with Crippen LogP contribution >= 0.6 is 34.8 Å². The van der Waals surface area contributed by atoms with E-state index in [1.165, 1.54) is 24.5 Å². The highest BCUT2D eigenvalue weighted by Gasteiger charge is 2.20. The molecular formula is C19H11Cl3N4O. The number of carbonyl (C=O) groups excluding carboxylic acids is 1. The van der Waals surface area contributed by atoms with Crippen LogP contribution in [0.3, 0.4) is 0 Å². The Morgan fingerprint density at radius 3 is 2.41 bits per heavy atom. The maximum atomic E-state index is 12.7. The van der Waals surface area contributed by atoms with Gasteiger partial charge in [0.15, 0.2) is 0 Å². The van der Waals surface area contributed by atoms with Gasteiger partial charge in [0.2, 0.25) is 0 Å². The molecule has 0 unspecified atom stereocenters. The van der Waals surface area contributed by atoms with E-state index >= 15 is 0 Å². The third-order valence-corrected chi connectivity index (χ3v) is 4.70. The van der Waals surface area contributed by atoms with E-state index < -0.39 is 6.04 Å². The Labute approximate surface area is 170 Å². The number of rotatable bonds is 4. The summed E-state index contributed by atoms with van der Waals surface area (Å²) in [5, 5.41) is 13.0. The van der Waals surface area contributed by atoms with E-state index in [0.717, 1.165) is 0 Å². The highest BCUT2D eigenvalue weighted by atomic mass is 35.5. The molecular weight excluding hydrogens is 407 g/mol. The molecule has 27 heavy (non-hydrogen) atoms. The molecule has 0 aliphatic carbocycles. The third-order valence-electron chi connectivity index (χ3n) is 3.74. The number of nitriles is 1. The molecule has 134 valence electrons. The highest BCUT2D eigenvalue weighted by molar-refractivity contribution is 6.42. The maximum Gasteiger partial charge on any atom is 0.253 e. The van der Waals surface area contributed by atoms with Gasteiger partial charge in [0.25, 0.3) is 5.91 Å². The summed E-state index contributed by atoms with van der Waals surface area (Å²) in [6.07, 6.45) is 2.84. The first-order valence-electron chi connectivity index (χ1n) is 7.71. The number of aromatic nitrogens is 2. The first-order chi connectivity index (χ1) is 13.0. The summed E-state index contributed by atoms with van der Waals surface area (Å²) < 4.78 is 0. The van der Waals surface area contributed by atoms with Gasteiger partial charge in [0.1, 0.15) is 11.8 Å². The molecule has 3 rings (SSSR count). The van der Waals surface area contributed by atoms with Gasteiger partial charge in [-0.15, -0.1) is 0 Å². The number of hydrogen-bond acceptors (Lipinski definition) is 4. The summed E-state index contributed by atoms with van der Waals surface area (Å²) >= 11 is 18.0. The Hall–Kier alpha value is -2.65. The number of nitrogens with one attached hydrogen (secondary N) is 1. The van der Waals surface area contributed by atoms with Crippen LogP contribution in [-0.2, 0) is 0 Å². The predicted octanol–water partition coefficient (Wildman–Crippen LogP) is 4.83. The molecule has 0 aliphatic rings. The first kappa shape index (κ1) is 19.1. The number of amides is 1. The SMILES string of the molecule is N#Cc1ccc(C(=O)N[C@@H](c2ccc(Cl)c(Cl)c2)c2ccc(Cl)cn2)cn1. The Morgan fingerprint density at radius 2 is 1.81 bits per heavy atom. The Balaban J connectivity index is 1.95. The number of pyridine rings is 2. The zero-order valence-electron chi connectivity index (χ0n) is 13.7. The van der Waals surface area contributed by atoms with Gasteiger partial charge in [0.05, 0.1) is 32.4 Å². The lowest BCUT2D eigenvalue weighted by Crippen LogP contribution is -2.30. The van der Waals surface area contributed by atoms with Crippen LogP contribution in [0.15, 0.2) is 54.9 Å². The fourth-order valence-corrected chi connectivity index (χ4v) is 2.81. The third kappa shape index (κ3) is 4.55. The van der Waals surface area contributed by atoms with Gasteiger partial charge in [0, 0.05) is 12.4 Å². The van der Waals surface area contributed by atoms with Gasteiger partial charge in [-0.2, -0.15) is 5.26 Å². The summed E-state index contributed by atoms with van der Waals surface area (Å²) in [6.45, 7) is 0. The van der Waals surface area contributed by atoms with E-state index in [2.05, 4.69) is 15.3 Å². The molecule has 1 N–H and O–H groups in total. The molecule has 8 heteroatoms. The number of carbonyl (C=O) groups is 1. The van der Waals surface area contributed by atoms with Gasteiger partial charge in [-0.25, -0.2) is 4.98 Å². The van der Waals surface area contributed by atoms with Gasteiger partial charge >= 0.3 is 0 Å². The van der Waals surface area contributed by atoms with Crippen LogP contribution in [0.25, 0.3) is 0 Å². The quantitative estimate of drug-likeness (QED) is 0.659. The Kier molecular flexibility index (Phi) is 5.92. The van der Waals surface area contributed by atoms with Crippen LogP contribution in [0.1, 0.15) is 33.4 Å². The minimum Gasteiger partial charge on any atom is -0.339 e. The second kappa shape index (κ2) is 8.36. The molecule has 1 aromatic carbocycles. The van der Waals surface area contributed by atoms with Crippen molar-refractivity contribution in [3.8, 4) is 6.07 Å². The summed E-state index contributed by atoms with van der Waals surface area (Å²) in [7, 11) is 0. The lowest BCUT2D eigenvalue weighted by molar-refractivity contribution is 0.0942. The van der Waals surface area contributed by atoms with Crippen molar-refractivity contribution in [3.63, 3.8) is 0 Å². The second-order valence-corrected chi connectivity index (χ2v) is 6.78. The zero-order chi connectivity index (χ0) is 19.4. The monoisotopic (exact) mass is 416 g/mol. The first-order valence-corrected chi connectivity index (χ1v) is 8.84. The van der Waals surface area contributed by atoms with Crippen molar-refractivity contribution in [1.29, 1.82) is 5.26 Å². The molecule has 5 nitrogen and oxygen atoms in total. The molecule has 0 spiro atoms. The van der Waals surface area contributed by atoms with Crippen LogP contribution < -0.4 is 5.32 Å². The molecule has 0 aliphatic heterocycles.